The van der Waals surface area contributed by atoms with E-state index >= 15 is 0 Å². The van der Waals surface area contributed by atoms with Crippen molar-refractivity contribution < 1.29 is 28.6 Å². The van der Waals surface area contributed by atoms with Crippen LogP contribution >= 0.6 is 0 Å². The predicted molar refractivity (Wildman–Crippen MR) is 316 cm³/mol. The van der Waals surface area contributed by atoms with Gasteiger partial charge in [-0.25, -0.2) is 0 Å². The molecular formula is C67H110O6. The summed E-state index contributed by atoms with van der Waals surface area (Å²) in [5.41, 5.74) is 0. The normalized spacial score (nSPS) is 13.0. The SMILES string of the molecule is CC/C=C\C/C=C\C/C=C\C/C=C\C/C=C\C/C=C\C/C=C\CCCCCCCC(=O)OCC(COC(=O)CCCCCCC/C=C\CCCCCC)OC(=O)CCCCCCC/C=C\C/C=C\CCCCC. The van der Waals surface area contributed by atoms with Gasteiger partial charge in [0.1, 0.15) is 13.2 Å². The lowest BCUT2D eigenvalue weighted by molar-refractivity contribution is -0.167. The molecule has 0 spiro atoms. The molecule has 0 fully saturated rings. The van der Waals surface area contributed by atoms with Gasteiger partial charge in [0.15, 0.2) is 6.10 Å². The molecule has 0 rings (SSSR count). The second kappa shape index (κ2) is 60.4. The van der Waals surface area contributed by atoms with E-state index in [-0.39, 0.29) is 31.1 Å². The van der Waals surface area contributed by atoms with Crippen LogP contribution < -0.4 is 0 Å². The van der Waals surface area contributed by atoms with Gasteiger partial charge in [0.05, 0.1) is 0 Å². The van der Waals surface area contributed by atoms with Crippen molar-refractivity contribution in [3.05, 3.63) is 122 Å². The molecule has 6 heteroatoms. The van der Waals surface area contributed by atoms with Crippen molar-refractivity contribution in [3.63, 3.8) is 0 Å². The average molecular weight is 1010 g/mol. The summed E-state index contributed by atoms with van der Waals surface area (Å²) in [7, 11) is 0. The van der Waals surface area contributed by atoms with Gasteiger partial charge >= 0.3 is 17.9 Å². The fraction of sp³-hybridized carbons (Fsp3) is 0.657. The molecule has 414 valence electrons. The molecule has 1 atom stereocenters. The van der Waals surface area contributed by atoms with E-state index in [0.717, 1.165) is 161 Å². The highest BCUT2D eigenvalue weighted by molar-refractivity contribution is 5.71. The van der Waals surface area contributed by atoms with Crippen molar-refractivity contribution in [2.75, 3.05) is 13.2 Å². The first-order valence-electron chi connectivity index (χ1n) is 30.0. The number of carbonyl (C=O) groups is 3. The maximum atomic E-state index is 12.9. The van der Waals surface area contributed by atoms with Crippen molar-refractivity contribution in [1.82, 2.24) is 0 Å². The molecule has 0 bridgehead atoms. The average Bonchev–Trinajstić information content (AvgIpc) is 3.39. The highest BCUT2D eigenvalue weighted by Crippen LogP contribution is 2.14. The zero-order valence-electron chi connectivity index (χ0n) is 47.4. The van der Waals surface area contributed by atoms with E-state index in [1.54, 1.807) is 0 Å². The van der Waals surface area contributed by atoms with E-state index in [1.807, 2.05) is 0 Å². The number of rotatable bonds is 53. The van der Waals surface area contributed by atoms with Gasteiger partial charge in [-0.2, -0.15) is 0 Å². The van der Waals surface area contributed by atoms with E-state index in [4.69, 9.17) is 14.2 Å². The van der Waals surface area contributed by atoms with Gasteiger partial charge in [0, 0.05) is 19.3 Å². The number of ether oxygens (including phenoxy) is 3. The fourth-order valence-electron chi connectivity index (χ4n) is 7.92. The van der Waals surface area contributed by atoms with Gasteiger partial charge in [0.25, 0.3) is 0 Å². The lowest BCUT2D eigenvalue weighted by Crippen LogP contribution is -2.30. The minimum atomic E-state index is -0.800. The van der Waals surface area contributed by atoms with Gasteiger partial charge < -0.3 is 14.2 Å². The summed E-state index contributed by atoms with van der Waals surface area (Å²) in [6, 6.07) is 0. The third kappa shape index (κ3) is 58.6. The first-order valence-corrected chi connectivity index (χ1v) is 30.0. The maximum absolute atomic E-state index is 12.9. The summed E-state index contributed by atoms with van der Waals surface area (Å²) >= 11 is 0. The van der Waals surface area contributed by atoms with Crippen LogP contribution in [0.5, 0.6) is 0 Å². The van der Waals surface area contributed by atoms with Crippen LogP contribution in [0.2, 0.25) is 0 Å². The molecule has 0 aliphatic rings. The fourth-order valence-corrected chi connectivity index (χ4v) is 7.92. The van der Waals surface area contributed by atoms with E-state index in [1.165, 1.54) is 64.2 Å². The Bertz CT molecular complexity index is 1540. The summed E-state index contributed by atoms with van der Waals surface area (Å²) in [6.45, 7) is 6.45. The molecule has 0 aromatic rings. The van der Waals surface area contributed by atoms with Crippen molar-refractivity contribution >= 4 is 17.9 Å². The van der Waals surface area contributed by atoms with E-state index in [0.29, 0.717) is 19.3 Å². The third-order valence-electron chi connectivity index (χ3n) is 12.4. The zero-order chi connectivity index (χ0) is 52.9. The number of carbonyl (C=O) groups excluding carboxylic acids is 3. The first-order chi connectivity index (χ1) is 36.0. The van der Waals surface area contributed by atoms with Crippen molar-refractivity contribution in [2.24, 2.45) is 0 Å². The van der Waals surface area contributed by atoms with Gasteiger partial charge in [0.2, 0.25) is 0 Å². The Morgan fingerprint density at radius 1 is 0.288 bits per heavy atom. The molecule has 0 saturated heterocycles. The quantitative estimate of drug-likeness (QED) is 0.0261. The Hall–Kier alpha value is -4.19. The molecule has 0 heterocycles. The second-order valence-electron chi connectivity index (χ2n) is 19.5. The number of unbranched alkanes of at least 4 members (excludes halogenated alkanes) is 22. The first kappa shape index (κ1) is 68.8. The molecule has 6 nitrogen and oxygen atoms in total. The third-order valence-corrected chi connectivity index (χ3v) is 12.4. The Balaban J connectivity index is 4.39. The Morgan fingerprint density at radius 2 is 0.534 bits per heavy atom. The minimum absolute atomic E-state index is 0.0966. The summed E-state index contributed by atoms with van der Waals surface area (Å²) in [6.07, 6.45) is 83.3. The van der Waals surface area contributed by atoms with E-state index in [9.17, 15) is 14.4 Å². The molecule has 0 N–H and O–H groups in total. The molecular weight excluding hydrogens is 901 g/mol. The summed E-state index contributed by atoms with van der Waals surface area (Å²) in [5.74, 6) is -0.939. The Labute approximate surface area is 450 Å². The maximum Gasteiger partial charge on any atom is 0.306 e. The lowest BCUT2D eigenvalue weighted by Gasteiger charge is -2.18. The molecule has 0 radical (unpaired) electrons. The van der Waals surface area contributed by atoms with Crippen LogP contribution in [-0.4, -0.2) is 37.2 Å². The Kier molecular flexibility index (Phi) is 56.9. The molecule has 0 aromatic heterocycles. The van der Waals surface area contributed by atoms with Crippen LogP contribution in [0.3, 0.4) is 0 Å². The molecule has 0 aromatic carbocycles. The molecule has 0 saturated carbocycles. The van der Waals surface area contributed by atoms with Crippen LogP contribution in [0.4, 0.5) is 0 Å². The summed E-state index contributed by atoms with van der Waals surface area (Å²) in [4.78, 5) is 38.2. The topological polar surface area (TPSA) is 78.9 Å². The van der Waals surface area contributed by atoms with Crippen LogP contribution in [0.15, 0.2) is 122 Å². The summed E-state index contributed by atoms with van der Waals surface area (Å²) < 4.78 is 16.8. The number of hydrogen-bond acceptors (Lipinski definition) is 6. The van der Waals surface area contributed by atoms with Gasteiger partial charge in [-0.15, -0.1) is 0 Å². The van der Waals surface area contributed by atoms with E-state index in [2.05, 4.69) is 142 Å². The van der Waals surface area contributed by atoms with Gasteiger partial charge in [-0.1, -0.05) is 232 Å². The number of allylic oxidation sites excluding steroid dienone is 20. The Morgan fingerprint density at radius 3 is 0.877 bits per heavy atom. The number of esters is 3. The number of hydrogen-bond donors (Lipinski definition) is 0. The molecule has 0 amide bonds. The van der Waals surface area contributed by atoms with Crippen molar-refractivity contribution in [1.29, 1.82) is 0 Å². The van der Waals surface area contributed by atoms with Crippen LogP contribution in [0.25, 0.3) is 0 Å². The summed E-state index contributed by atoms with van der Waals surface area (Å²) in [5, 5.41) is 0. The van der Waals surface area contributed by atoms with E-state index < -0.39 is 6.10 Å². The predicted octanol–water partition coefficient (Wildman–Crippen LogP) is 20.4. The molecule has 73 heavy (non-hydrogen) atoms. The van der Waals surface area contributed by atoms with Crippen molar-refractivity contribution in [3.8, 4) is 0 Å². The van der Waals surface area contributed by atoms with Gasteiger partial charge in [-0.3, -0.25) is 14.4 Å². The van der Waals surface area contributed by atoms with Crippen molar-refractivity contribution in [2.45, 2.75) is 271 Å². The zero-order valence-corrected chi connectivity index (χ0v) is 47.4. The smallest absolute Gasteiger partial charge is 0.306 e. The standard InChI is InChI=1S/C67H110O6/c1-4-7-10-13-16-19-22-25-27-28-29-30-31-32-33-34-35-36-37-38-40-42-45-48-51-54-57-60-66(69)72-63-64(62-71-65(68)59-56-53-50-47-44-41-24-21-18-15-12-9-6-3)73-67(70)61-58-55-52-49-46-43-39-26-23-20-17-14-11-8-5-2/h7,10,16-17,19-21,24-27,29-30,32-33,35-36,38-40,64H,4-6,8-9,11-15,18,22-23,28,31,34,37,41-63H2,1-3H3/b10-7-,19-16-,20-17-,24-21-,27-25-,30-29-,33-32-,36-35-,39-26-,40-38-. The van der Waals surface area contributed by atoms with Crippen LogP contribution in [0.1, 0.15) is 265 Å². The minimum Gasteiger partial charge on any atom is -0.462 e. The highest BCUT2D eigenvalue weighted by atomic mass is 16.6. The second-order valence-corrected chi connectivity index (χ2v) is 19.5. The van der Waals surface area contributed by atoms with Crippen LogP contribution in [-0.2, 0) is 28.6 Å². The molecule has 0 aliphatic heterocycles. The molecule has 0 aliphatic carbocycles. The van der Waals surface area contributed by atoms with Gasteiger partial charge in [-0.05, 0) is 135 Å². The molecule has 1 unspecified atom stereocenters. The highest BCUT2D eigenvalue weighted by Gasteiger charge is 2.19. The lowest BCUT2D eigenvalue weighted by atomic mass is 10.1. The largest absolute Gasteiger partial charge is 0.462 e. The monoisotopic (exact) mass is 1010 g/mol. The van der Waals surface area contributed by atoms with Crippen LogP contribution in [0, 0.1) is 0 Å².